The van der Waals surface area contributed by atoms with Crippen LogP contribution in [0.5, 0.6) is 0 Å². The number of nitrogens with two attached hydrogens (primary N) is 1. The molecule has 1 aromatic carbocycles. The molecule has 0 aliphatic carbocycles. The molecule has 3 rings (SSSR count). The van der Waals surface area contributed by atoms with E-state index in [-0.39, 0.29) is 0 Å². The molecular formula is C13H12N4. The van der Waals surface area contributed by atoms with Gasteiger partial charge in [0.05, 0.1) is 16.9 Å². The van der Waals surface area contributed by atoms with E-state index in [1.807, 2.05) is 41.2 Å². The summed E-state index contributed by atoms with van der Waals surface area (Å²) in [6.07, 6.45) is 3.71. The highest BCUT2D eigenvalue weighted by Crippen LogP contribution is 2.16. The third-order valence-corrected chi connectivity index (χ3v) is 2.70. The molecule has 2 heterocycles. The summed E-state index contributed by atoms with van der Waals surface area (Å²) in [4.78, 5) is 4.29. The van der Waals surface area contributed by atoms with E-state index in [9.17, 15) is 0 Å². The second-order valence-electron chi connectivity index (χ2n) is 3.84. The summed E-state index contributed by atoms with van der Waals surface area (Å²) in [6, 6.07) is 12.0. The average Bonchev–Trinajstić information content (AvgIpc) is 2.87. The van der Waals surface area contributed by atoms with Crippen LogP contribution < -0.4 is 5.73 Å². The molecule has 2 aromatic heterocycles. The lowest BCUT2D eigenvalue weighted by molar-refractivity contribution is 0.834. The zero-order valence-corrected chi connectivity index (χ0v) is 9.24. The SMILES string of the molecule is NCc1ccn(-c2ccc3ncccc3c2)n1. The fraction of sp³-hybridized carbons (Fsp3) is 0.0769. The molecule has 0 atom stereocenters. The molecule has 3 aromatic rings. The molecule has 0 fully saturated rings. The van der Waals surface area contributed by atoms with Crippen molar-refractivity contribution in [2.24, 2.45) is 5.73 Å². The van der Waals surface area contributed by atoms with Crippen LogP contribution in [0.4, 0.5) is 0 Å². The topological polar surface area (TPSA) is 56.7 Å². The van der Waals surface area contributed by atoms with Crippen LogP contribution in [-0.4, -0.2) is 14.8 Å². The van der Waals surface area contributed by atoms with Gasteiger partial charge in [0.15, 0.2) is 0 Å². The van der Waals surface area contributed by atoms with Crippen molar-refractivity contribution in [2.45, 2.75) is 6.54 Å². The van der Waals surface area contributed by atoms with Crippen molar-refractivity contribution < 1.29 is 0 Å². The lowest BCUT2D eigenvalue weighted by Gasteiger charge is -2.03. The van der Waals surface area contributed by atoms with Crippen LogP contribution in [0.2, 0.25) is 0 Å². The Bertz CT molecular complexity index is 657. The van der Waals surface area contributed by atoms with Crippen molar-refractivity contribution in [1.82, 2.24) is 14.8 Å². The predicted molar refractivity (Wildman–Crippen MR) is 66.8 cm³/mol. The van der Waals surface area contributed by atoms with Crippen molar-refractivity contribution in [3.8, 4) is 5.69 Å². The monoisotopic (exact) mass is 224 g/mol. The Kier molecular flexibility index (Phi) is 2.34. The molecule has 0 aliphatic heterocycles. The van der Waals surface area contributed by atoms with Gasteiger partial charge >= 0.3 is 0 Å². The van der Waals surface area contributed by atoms with Crippen LogP contribution >= 0.6 is 0 Å². The fourth-order valence-electron chi connectivity index (χ4n) is 1.82. The highest BCUT2D eigenvalue weighted by Gasteiger charge is 2.01. The number of benzene rings is 1. The van der Waals surface area contributed by atoms with Gasteiger partial charge in [-0.05, 0) is 30.3 Å². The lowest BCUT2D eigenvalue weighted by Crippen LogP contribution is -2.00. The second-order valence-corrected chi connectivity index (χ2v) is 3.84. The van der Waals surface area contributed by atoms with Gasteiger partial charge in [-0.2, -0.15) is 5.10 Å². The van der Waals surface area contributed by atoms with Crippen LogP contribution in [0.15, 0.2) is 48.8 Å². The number of fused-ring (bicyclic) bond motifs is 1. The van der Waals surface area contributed by atoms with E-state index in [2.05, 4.69) is 16.1 Å². The van der Waals surface area contributed by atoms with Crippen molar-refractivity contribution in [1.29, 1.82) is 0 Å². The third-order valence-electron chi connectivity index (χ3n) is 2.70. The Labute approximate surface area is 98.7 Å². The minimum absolute atomic E-state index is 0.460. The molecule has 17 heavy (non-hydrogen) atoms. The molecule has 2 N–H and O–H groups in total. The maximum atomic E-state index is 5.55. The van der Waals surface area contributed by atoms with Gasteiger partial charge < -0.3 is 5.73 Å². The number of rotatable bonds is 2. The molecule has 0 saturated carbocycles. The molecule has 0 unspecified atom stereocenters. The molecule has 0 aliphatic rings. The van der Waals surface area contributed by atoms with Crippen molar-refractivity contribution in [2.75, 3.05) is 0 Å². The lowest BCUT2D eigenvalue weighted by atomic mass is 10.2. The van der Waals surface area contributed by atoms with Gasteiger partial charge in [-0.3, -0.25) is 4.98 Å². The summed E-state index contributed by atoms with van der Waals surface area (Å²) in [5.74, 6) is 0. The number of pyridine rings is 1. The third kappa shape index (κ3) is 1.79. The zero-order valence-electron chi connectivity index (χ0n) is 9.24. The highest BCUT2D eigenvalue weighted by atomic mass is 15.3. The van der Waals surface area contributed by atoms with Crippen LogP contribution in [0, 0.1) is 0 Å². The molecule has 4 nitrogen and oxygen atoms in total. The first kappa shape index (κ1) is 9.99. The number of aromatic nitrogens is 3. The minimum Gasteiger partial charge on any atom is -0.325 e. The first-order chi connectivity index (χ1) is 8.36. The predicted octanol–water partition coefficient (Wildman–Crippen LogP) is 1.88. The molecule has 0 amide bonds. The summed E-state index contributed by atoms with van der Waals surface area (Å²) in [7, 11) is 0. The van der Waals surface area contributed by atoms with Gasteiger partial charge in [0.2, 0.25) is 0 Å². The molecular weight excluding hydrogens is 212 g/mol. The molecule has 0 bridgehead atoms. The Morgan fingerprint density at radius 1 is 1.18 bits per heavy atom. The van der Waals surface area contributed by atoms with E-state index >= 15 is 0 Å². The van der Waals surface area contributed by atoms with Gasteiger partial charge in [0.1, 0.15) is 0 Å². The first-order valence-corrected chi connectivity index (χ1v) is 5.46. The van der Waals surface area contributed by atoms with E-state index in [0.717, 1.165) is 22.3 Å². The van der Waals surface area contributed by atoms with E-state index in [0.29, 0.717) is 6.54 Å². The summed E-state index contributed by atoms with van der Waals surface area (Å²) in [6.45, 7) is 0.460. The Morgan fingerprint density at radius 3 is 2.94 bits per heavy atom. The molecule has 0 spiro atoms. The maximum absolute atomic E-state index is 5.55. The normalized spacial score (nSPS) is 10.9. The zero-order chi connectivity index (χ0) is 11.7. The van der Waals surface area contributed by atoms with Crippen LogP contribution in [0.25, 0.3) is 16.6 Å². The molecule has 0 saturated heterocycles. The van der Waals surface area contributed by atoms with E-state index < -0.39 is 0 Å². The smallest absolute Gasteiger partial charge is 0.0764 e. The fourth-order valence-corrected chi connectivity index (χ4v) is 1.82. The van der Waals surface area contributed by atoms with Gasteiger partial charge in [-0.15, -0.1) is 0 Å². The minimum atomic E-state index is 0.460. The summed E-state index contributed by atoms with van der Waals surface area (Å²) < 4.78 is 1.83. The summed E-state index contributed by atoms with van der Waals surface area (Å²) >= 11 is 0. The van der Waals surface area contributed by atoms with E-state index in [1.165, 1.54) is 0 Å². The van der Waals surface area contributed by atoms with Gasteiger partial charge in [0, 0.05) is 24.3 Å². The molecule has 4 heteroatoms. The van der Waals surface area contributed by atoms with Crippen molar-refractivity contribution in [3.63, 3.8) is 0 Å². The Hall–Kier alpha value is -2.20. The molecule has 0 radical (unpaired) electrons. The first-order valence-electron chi connectivity index (χ1n) is 5.46. The number of nitrogens with zero attached hydrogens (tertiary/aromatic N) is 3. The van der Waals surface area contributed by atoms with Crippen LogP contribution in [0.1, 0.15) is 5.69 Å². The van der Waals surface area contributed by atoms with Gasteiger partial charge in [-0.1, -0.05) is 6.07 Å². The number of hydrogen-bond acceptors (Lipinski definition) is 3. The largest absolute Gasteiger partial charge is 0.325 e. The quantitative estimate of drug-likeness (QED) is 0.723. The van der Waals surface area contributed by atoms with Crippen molar-refractivity contribution >= 4 is 10.9 Å². The summed E-state index contributed by atoms with van der Waals surface area (Å²) in [5, 5.41) is 5.48. The van der Waals surface area contributed by atoms with E-state index in [1.54, 1.807) is 6.20 Å². The van der Waals surface area contributed by atoms with Crippen LogP contribution in [0.3, 0.4) is 0 Å². The second kappa shape index (κ2) is 3.99. The summed E-state index contributed by atoms with van der Waals surface area (Å²) in [5.41, 5.74) is 8.44. The maximum Gasteiger partial charge on any atom is 0.0764 e. The standard InChI is InChI=1S/C13H12N4/c14-9-11-5-7-17(16-11)12-3-4-13-10(8-12)2-1-6-15-13/h1-8H,9,14H2. The Morgan fingerprint density at radius 2 is 2.12 bits per heavy atom. The molecule has 84 valence electrons. The average molecular weight is 224 g/mol. The van der Waals surface area contributed by atoms with Gasteiger partial charge in [-0.25, -0.2) is 4.68 Å². The Balaban J connectivity index is 2.11. The highest BCUT2D eigenvalue weighted by molar-refractivity contribution is 5.80. The van der Waals surface area contributed by atoms with Gasteiger partial charge in [0.25, 0.3) is 0 Å². The van der Waals surface area contributed by atoms with Crippen LogP contribution in [-0.2, 0) is 6.54 Å². The van der Waals surface area contributed by atoms with Crippen molar-refractivity contribution in [3.05, 3.63) is 54.5 Å². The number of hydrogen-bond donors (Lipinski definition) is 1. The van der Waals surface area contributed by atoms with E-state index in [4.69, 9.17) is 5.73 Å².